The SMILES string of the molecule is CN(C)Cc1cc(F)ccc1Pc1cc([Si](C)(C)C)cc([Si](C)(C)C)c1O.COc1ccc(O)c(Pc2ccccc2CN(C)C)c1.COc1cccc(Pc2ccccc2CN(C)C)c1O.Cc1ccc(Pc2cc([Si](C)(C)C)ccc2O)c(CN(C)C)c1.Cc1cccc(CN(C)C)c1Pc1cccc([Si](C)(C)C)c1O.[Cl][Ti][Cl].[Cl][Ti][Cl].[Cl][Ti][Cl].[Cl][Ti][Cl].[Cl][Ti][Cl]. The van der Waals surface area contributed by atoms with Crippen LogP contribution in [-0.2, 0) is 118 Å². The van der Waals surface area contributed by atoms with Gasteiger partial charge < -0.3 is 59.5 Å². The van der Waals surface area contributed by atoms with Crippen LogP contribution in [0.3, 0.4) is 0 Å². The molecule has 0 heterocycles. The van der Waals surface area contributed by atoms with Crippen molar-refractivity contribution in [3.8, 4) is 40.2 Å². The Morgan fingerprint density at radius 1 is 0.312 bits per heavy atom. The van der Waals surface area contributed by atoms with Gasteiger partial charge in [-0.3, -0.25) is 0 Å². The Morgan fingerprint density at radius 3 is 1.12 bits per heavy atom. The molecule has 0 spiro atoms. The number of benzene rings is 10. The number of aryl methyl sites for hydroxylation is 2. The number of hydrogen-bond donors (Lipinski definition) is 5. The van der Waals surface area contributed by atoms with Crippen molar-refractivity contribution in [1.29, 1.82) is 0 Å². The number of phenols is 5. The molecule has 37 heteroatoms. The van der Waals surface area contributed by atoms with Crippen LogP contribution in [0, 0.1) is 19.7 Å². The van der Waals surface area contributed by atoms with Gasteiger partial charge in [0.2, 0.25) is 0 Å². The van der Waals surface area contributed by atoms with Gasteiger partial charge >= 0.3 is 178 Å². The average molecular weight is 2290 g/mol. The Kier molecular flexibility index (Phi) is 65.6. The first-order valence-electron chi connectivity index (χ1n) is 40.2. The van der Waals surface area contributed by atoms with E-state index in [-0.39, 0.29) is 11.6 Å². The topological polar surface area (TPSA) is 136 Å². The first-order valence-corrected chi connectivity index (χ1v) is 80.7. The Hall–Kier alpha value is 0.0190. The van der Waals surface area contributed by atoms with Crippen molar-refractivity contribution in [2.75, 3.05) is 84.7 Å². The molecule has 0 saturated heterocycles. The summed E-state index contributed by atoms with van der Waals surface area (Å²) in [4.78, 5) is 10.7. The van der Waals surface area contributed by atoms with Crippen molar-refractivity contribution >= 4 is 242 Å². The van der Waals surface area contributed by atoms with Crippen LogP contribution >= 0.6 is 136 Å². The van der Waals surface area contributed by atoms with Crippen molar-refractivity contribution in [2.45, 2.75) is 125 Å². The van der Waals surface area contributed by atoms with Crippen LogP contribution in [0.15, 0.2) is 188 Å². The number of nitrogens with zero attached hydrogens (tertiary/aromatic N) is 5. The Bertz CT molecular complexity index is 4860. The molecule has 12 nitrogen and oxygen atoms in total. The van der Waals surface area contributed by atoms with E-state index in [1.165, 1.54) is 71.0 Å². The van der Waals surface area contributed by atoms with Gasteiger partial charge in [0.1, 0.15) is 34.6 Å². The predicted octanol–water partition coefficient (Wildman–Crippen LogP) is 20.3. The molecule has 0 saturated carbocycles. The van der Waals surface area contributed by atoms with Gasteiger partial charge in [-0.15, -0.1) is 0 Å². The van der Waals surface area contributed by atoms with E-state index in [2.05, 4.69) is 289 Å². The van der Waals surface area contributed by atoms with E-state index >= 15 is 0 Å². The van der Waals surface area contributed by atoms with Gasteiger partial charge in [-0.05, 0) is 197 Å². The molecule has 0 aliphatic heterocycles. The molecule has 128 heavy (non-hydrogen) atoms. The van der Waals surface area contributed by atoms with Crippen molar-refractivity contribution < 1.29 is 125 Å². The molecular weight excluding hydrogens is 2160 g/mol. The third-order valence-electron chi connectivity index (χ3n) is 18.4. The zero-order valence-corrected chi connectivity index (χ0v) is 103. The average Bonchev–Trinajstić information content (AvgIpc) is 0.779. The van der Waals surface area contributed by atoms with Gasteiger partial charge in [0, 0.05) is 59.2 Å². The second kappa shape index (κ2) is 66.6. The molecule has 0 radical (unpaired) electrons. The Labute approximate surface area is 863 Å². The second-order valence-corrected chi connectivity index (χ2v) is 74.4. The summed E-state index contributed by atoms with van der Waals surface area (Å²) in [5.41, 5.74) is 8.87. The summed E-state index contributed by atoms with van der Waals surface area (Å²) in [5, 5.41) is 68.7. The predicted molar refractivity (Wildman–Crippen MR) is 571 cm³/mol. The summed E-state index contributed by atoms with van der Waals surface area (Å²) in [7, 11) is 68.7. The molecule has 10 aromatic rings. The van der Waals surface area contributed by atoms with E-state index in [4.69, 9.17) is 103 Å². The standard InChI is InChI=1S/C21H33FNOPSi2.2C19H28NOPSi.2C16H20NO2P.10ClH.5Ti/c1-23(2)14-15-11-16(22)9-10-18(15)25-19-12-17(26(3,4)5)13-20(21(19)24)27(6,7)8;1-14-7-10-18(15(11-14)13-20(2)3)22-19-12-16(23(4,5)6)8-9-17(19)21;1-14-9-7-10-15(13-20(2)3)19(14)22-16-11-8-12-17(18(16)21)23(4,5)6;1-17(2)11-12-7-4-5-9-14(12)20-15-10-6-8-13(19-3)16(15)18;1-17(2)11-12-6-4-5-7-15(12)20-16-10-13(19-3)8-9-14(16)18;;;;;;;;;;;;;;;/h9-13,24-25H,14H2,1-8H3;2*7-12,21-22H,13H2,1-6H3;2*4-10,18,20H,11H2,1-3H3;10*1H;;;;;/q;;;;;;;;;;;;;;;5*+2/p-10. The van der Waals surface area contributed by atoms with E-state index < -0.39 is 117 Å². The van der Waals surface area contributed by atoms with Crippen LogP contribution in [0.4, 0.5) is 4.39 Å². The molecule has 5 unspecified atom stereocenters. The van der Waals surface area contributed by atoms with E-state index in [1.54, 1.807) is 38.5 Å². The molecule has 5 atom stereocenters. The van der Waals surface area contributed by atoms with Gasteiger partial charge in [0.15, 0.2) is 11.5 Å². The first-order chi connectivity index (χ1) is 59.9. The molecule has 0 aromatic heterocycles. The third-order valence-corrected chi connectivity index (χ3v) is 33.8. The molecule has 0 aliphatic carbocycles. The second-order valence-electron chi connectivity index (χ2n) is 34.6. The number of para-hydroxylation sites is 2. The number of halogens is 11. The molecule has 0 bridgehead atoms. The summed E-state index contributed by atoms with van der Waals surface area (Å²) in [5.74, 6) is 3.05. The van der Waals surface area contributed by atoms with Crippen LogP contribution in [0.25, 0.3) is 0 Å². The summed E-state index contributed by atoms with van der Waals surface area (Å²) in [6.07, 6.45) is 0. The van der Waals surface area contributed by atoms with E-state index in [0.717, 1.165) is 79.7 Å². The zero-order valence-electron chi connectivity index (χ0n) is 78.4. The monoisotopic (exact) mass is 2280 g/mol. The van der Waals surface area contributed by atoms with Crippen LogP contribution in [-0.4, -0.2) is 167 Å². The molecule has 0 fully saturated rings. The number of aromatic hydroxyl groups is 5. The van der Waals surface area contributed by atoms with Gasteiger partial charge in [-0.1, -0.05) is 283 Å². The zero-order chi connectivity index (χ0) is 97.6. The van der Waals surface area contributed by atoms with Gasteiger partial charge in [-0.2, -0.15) is 0 Å². The van der Waals surface area contributed by atoms with Crippen LogP contribution in [0.2, 0.25) is 78.6 Å². The van der Waals surface area contributed by atoms with Crippen molar-refractivity contribution in [3.63, 3.8) is 0 Å². The van der Waals surface area contributed by atoms with Crippen LogP contribution in [0.1, 0.15) is 38.9 Å². The van der Waals surface area contributed by atoms with E-state index in [0.29, 0.717) is 78.2 Å². The fraction of sp³-hybridized carbons (Fsp3) is 0.341. The summed E-state index contributed by atoms with van der Waals surface area (Å²) in [6, 6.07) is 62.8. The normalized spacial score (nSPS) is 11.4. The fourth-order valence-corrected chi connectivity index (χ4v) is 24.5. The molecule has 10 aromatic carbocycles. The van der Waals surface area contributed by atoms with E-state index in [9.17, 15) is 29.9 Å². The number of rotatable bonds is 26. The van der Waals surface area contributed by atoms with Crippen LogP contribution in [0.5, 0.6) is 40.2 Å². The van der Waals surface area contributed by atoms with Crippen molar-refractivity contribution in [1.82, 2.24) is 24.5 Å². The third kappa shape index (κ3) is 49.2. The molecule has 10 rings (SSSR count). The number of ether oxygens (including phenoxy) is 2. The summed E-state index contributed by atoms with van der Waals surface area (Å²) >= 11 is -2.78. The fourth-order valence-electron chi connectivity index (χ4n) is 12.4. The molecule has 0 amide bonds. The Balaban J connectivity index is 0.000000770. The maximum absolute atomic E-state index is 13.8. The van der Waals surface area contributed by atoms with Crippen molar-refractivity contribution in [2.24, 2.45) is 0 Å². The number of methoxy groups -OCH3 is 2. The van der Waals surface area contributed by atoms with Crippen molar-refractivity contribution in [3.05, 3.63) is 233 Å². The van der Waals surface area contributed by atoms with Gasteiger partial charge in [-0.25, -0.2) is 4.39 Å². The summed E-state index contributed by atoms with van der Waals surface area (Å²) in [6.45, 7) is 36.4. The minimum absolute atomic E-state index is 0.205. The first kappa shape index (κ1) is 126. The number of phenolic OH excluding ortho intramolecular Hbond substituents is 5. The molecular formula is C91H129Cl10FN5O7P5Si4Ti5. The maximum atomic E-state index is 13.8. The minimum atomic E-state index is -1.68. The molecule has 0 aliphatic rings. The number of hydrogen-bond acceptors (Lipinski definition) is 12. The molecule has 698 valence electrons. The van der Waals surface area contributed by atoms with Crippen LogP contribution < -0.4 is 83.3 Å². The van der Waals surface area contributed by atoms with Gasteiger partial charge in [0.05, 0.1) is 46.5 Å². The summed E-state index contributed by atoms with van der Waals surface area (Å²) < 4.78 is 24.2. The quantitative estimate of drug-likeness (QED) is 0.0261. The van der Waals surface area contributed by atoms with E-state index in [1.807, 2.05) is 56.6 Å². The Morgan fingerprint density at radius 2 is 0.672 bits per heavy atom. The van der Waals surface area contributed by atoms with Gasteiger partial charge in [0.25, 0.3) is 0 Å². The molecule has 5 N–H and O–H groups in total.